The van der Waals surface area contributed by atoms with E-state index in [4.69, 9.17) is 5.73 Å². The number of hydrogen-bond acceptors (Lipinski definition) is 4. The van der Waals surface area contributed by atoms with Gasteiger partial charge in [-0.2, -0.15) is 0 Å². The zero-order valence-electron chi connectivity index (χ0n) is 18.6. The average molecular weight is 409 g/mol. The van der Waals surface area contributed by atoms with Gasteiger partial charge in [-0.25, -0.2) is 4.79 Å². The molecule has 0 bridgehead atoms. The maximum Gasteiger partial charge on any atom is 0.330 e. The molecule has 1 aliphatic carbocycles. The highest BCUT2D eigenvalue weighted by Crippen LogP contribution is 2.19. The van der Waals surface area contributed by atoms with Gasteiger partial charge in [0.2, 0.25) is 0 Å². The van der Waals surface area contributed by atoms with Gasteiger partial charge in [-0.3, -0.25) is 24.0 Å². The number of nitrogens with zero attached hydrogens (tertiary/aromatic N) is 2. The third-order valence-corrected chi connectivity index (χ3v) is 5.61. The number of carbonyl (C=O) groups is 1. The second-order valence-electron chi connectivity index (χ2n) is 9.25. The first-order valence-corrected chi connectivity index (χ1v) is 10.9. The molecular weight excluding hydrogens is 370 g/mol. The molecule has 1 unspecified atom stereocenters. The molecular formula is C21H38N5O3+. The van der Waals surface area contributed by atoms with E-state index in [1.165, 1.54) is 33.6 Å². The molecule has 1 heterocycles. The van der Waals surface area contributed by atoms with Crippen LogP contribution < -0.4 is 26.8 Å². The fourth-order valence-electron chi connectivity index (χ4n) is 4.14. The van der Waals surface area contributed by atoms with Crippen LogP contribution in [0.15, 0.2) is 9.59 Å². The van der Waals surface area contributed by atoms with Crippen molar-refractivity contribution in [1.82, 2.24) is 9.55 Å². The van der Waals surface area contributed by atoms with Crippen LogP contribution in [-0.2, 0) is 11.3 Å². The lowest BCUT2D eigenvalue weighted by molar-refractivity contribution is -0.899. The molecule has 1 saturated carbocycles. The Labute approximate surface area is 173 Å². The van der Waals surface area contributed by atoms with Crippen LogP contribution in [0.5, 0.6) is 0 Å². The topological polar surface area (TPSA) is 106 Å². The molecule has 4 N–H and O–H groups in total. The van der Waals surface area contributed by atoms with Gasteiger partial charge in [0.05, 0.1) is 13.1 Å². The first-order chi connectivity index (χ1) is 13.6. The number of rotatable bonds is 8. The van der Waals surface area contributed by atoms with E-state index in [-0.39, 0.29) is 29.2 Å². The van der Waals surface area contributed by atoms with Crippen molar-refractivity contribution in [2.24, 2.45) is 11.8 Å². The lowest BCUT2D eigenvalue weighted by Gasteiger charge is -2.31. The molecule has 0 aliphatic heterocycles. The summed E-state index contributed by atoms with van der Waals surface area (Å²) >= 11 is 0. The van der Waals surface area contributed by atoms with Crippen LogP contribution in [0.4, 0.5) is 11.5 Å². The van der Waals surface area contributed by atoms with Crippen LogP contribution in [0.1, 0.15) is 59.8 Å². The largest absolute Gasteiger partial charge is 0.383 e. The van der Waals surface area contributed by atoms with Crippen LogP contribution >= 0.6 is 0 Å². The van der Waals surface area contributed by atoms with Crippen LogP contribution in [0.25, 0.3) is 0 Å². The third-order valence-electron chi connectivity index (χ3n) is 5.61. The van der Waals surface area contributed by atoms with Crippen molar-refractivity contribution < 1.29 is 9.69 Å². The third kappa shape index (κ3) is 5.95. The number of carbonyl (C=O) groups excluding carboxylic acids is 1. The summed E-state index contributed by atoms with van der Waals surface area (Å²) in [6.45, 7) is 8.99. The van der Waals surface area contributed by atoms with Crippen molar-refractivity contribution in [3.63, 3.8) is 0 Å². The van der Waals surface area contributed by atoms with Crippen molar-refractivity contribution in [3.05, 3.63) is 20.8 Å². The van der Waals surface area contributed by atoms with E-state index < -0.39 is 11.2 Å². The van der Waals surface area contributed by atoms with Gasteiger partial charge >= 0.3 is 5.69 Å². The first-order valence-electron chi connectivity index (χ1n) is 10.9. The van der Waals surface area contributed by atoms with Crippen molar-refractivity contribution in [2.75, 3.05) is 30.8 Å². The predicted octanol–water partition coefficient (Wildman–Crippen LogP) is 0.611. The number of aromatic amines is 1. The van der Waals surface area contributed by atoms with E-state index in [0.717, 1.165) is 12.8 Å². The number of nitrogens with one attached hydrogen (secondary N) is 2. The quantitative estimate of drug-likeness (QED) is 0.586. The second-order valence-corrected chi connectivity index (χ2v) is 9.25. The Balaban J connectivity index is 2.37. The molecule has 2 rings (SSSR count). The highest BCUT2D eigenvalue weighted by molar-refractivity contribution is 5.96. The van der Waals surface area contributed by atoms with E-state index in [1.807, 2.05) is 27.7 Å². The molecule has 1 fully saturated rings. The zero-order chi connectivity index (χ0) is 21.7. The molecule has 8 heteroatoms. The minimum absolute atomic E-state index is 0.0665. The zero-order valence-corrected chi connectivity index (χ0v) is 18.6. The fourth-order valence-corrected chi connectivity index (χ4v) is 4.14. The summed E-state index contributed by atoms with van der Waals surface area (Å²) in [5.41, 5.74) is 5.23. The van der Waals surface area contributed by atoms with Crippen molar-refractivity contribution >= 4 is 17.4 Å². The fraction of sp³-hybridized carbons (Fsp3) is 0.762. The molecule has 1 atom stereocenters. The molecule has 0 spiro atoms. The number of likely N-dealkylation sites (N-methyl/N-ethyl adjacent to an activating group) is 1. The van der Waals surface area contributed by atoms with E-state index in [0.29, 0.717) is 25.7 Å². The Morgan fingerprint density at radius 1 is 1.17 bits per heavy atom. The van der Waals surface area contributed by atoms with E-state index in [9.17, 15) is 14.4 Å². The predicted molar refractivity (Wildman–Crippen MR) is 116 cm³/mol. The number of H-pyrrole nitrogens is 1. The number of anilines is 2. The Morgan fingerprint density at radius 2 is 1.79 bits per heavy atom. The molecule has 1 aromatic heterocycles. The van der Waals surface area contributed by atoms with Gasteiger partial charge in [-0.1, -0.05) is 34.1 Å². The van der Waals surface area contributed by atoms with Crippen molar-refractivity contribution in [3.8, 4) is 0 Å². The van der Waals surface area contributed by atoms with E-state index in [2.05, 4.69) is 12.0 Å². The number of amides is 1. The van der Waals surface area contributed by atoms with Gasteiger partial charge < -0.3 is 10.6 Å². The summed E-state index contributed by atoms with van der Waals surface area (Å²) in [7, 11) is 2.05. The van der Waals surface area contributed by atoms with Crippen LogP contribution in [0, 0.1) is 11.8 Å². The molecule has 1 amide bonds. The molecule has 0 saturated heterocycles. The highest BCUT2D eigenvalue weighted by Gasteiger charge is 2.30. The Hall–Kier alpha value is -2.09. The van der Waals surface area contributed by atoms with Crippen LogP contribution in [0.3, 0.4) is 0 Å². The molecule has 8 nitrogen and oxygen atoms in total. The summed E-state index contributed by atoms with van der Waals surface area (Å²) in [5.74, 6) is 0.258. The summed E-state index contributed by atoms with van der Waals surface area (Å²) in [6, 6.07) is 0.471. The number of nitrogens with two attached hydrogens (primary N) is 1. The van der Waals surface area contributed by atoms with Gasteiger partial charge in [0.25, 0.3) is 11.5 Å². The molecule has 164 valence electrons. The van der Waals surface area contributed by atoms with Crippen LogP contribution in [0.2, 0.25) is 0 Å². The minimum atomic E-state index is -0.600. The summed E-state index contributed by atoms with van der Waals surface area (Å²) in [6.07, 6.45) is 5.94. The van der Waals surface area contributed by atoms with Gasteiger partial charge in [-0.05, 0) is 37.5 Å². The number of hydrogen-bond donors (Lipinski definition) is 3. The van der Waals surface area contributed by atoms with Gasteiger partial charge in [0.1, 0.15) is 5.82 Å². The summed E-state index contributed by atoms with van der Waals surface area (Å²) < 4.78 is 1.36. The van der Waals surface area contributed by atoms with Crippen molar-refractivity contribution in [2.45, 2.75) is 72.4 Å². The molecule has 29 heavy (non-hydrogen) atoms. The summed E-state index contributed by atoms with van der Waals surface area (Å²) in [5, 5.41) is 0. The average Bonchev–Trinajstić information content (AvgIpc) is 2.64. The number of nitrogen functional groups attached to an aromatic ring is 1. The Morgan fingerprint density at radius 3 is 2.34 bits per heavy atom. The Kier molecular flexibility index (Phi) is 8.07. The lowest BCUT2D eigenvalue weighted by atomic mass is 9.94. The second kappa shape index (κ2) is 10.1. The summed E-state index contributed by atoms with van der Waals surface area (Å²) in [4.78, 5) is 43.2. The normalized spacial score (nSPS) is 16.4. The van der Waals surface area contributed by atoms with E-state index >= 15 is 0 Å². The minimum Gasteiger partial charge on any atom is -0.383 e. The monoisotopic (exact) mass is 408 g/mol. The smallest absolute Gasteiger partial charge is 0.330 e. The molecule has 1 aliphatic rings. The molecule has 1 aromatic rings. The maximum atomic E-state index is 13.3. The lowest BCUT2D eigenvalue weighted by Crippen LogP contribution is -3.14. The van der Waals surface area contributed by atoms with Crippen molar-refractivity contribution in [1.29, 1.82) is 0 Å². The highest BCUT2D eigenvalue weighted by atomic mass is 16.2. The van der Waals surface area contributed by atoms with Crippen LogP contribution in [-0.4, -0.2) is 41.6 Å². The van der Waals surface area contributed by atoms with Gasteiger partial charge in [0.15, 0.2) is 12.2 Å². The molecule has 0 radical (unpaired) electrons. The van der Waals surface area contributed by atoms with E-state index in [1.54, 1.807) is 0 Å². The molecule has 0 aromatic carbocycles. The standard InChI is InChI=1S/C21H37N5O3/c1-14(2)11-25(17(27)13-24(5)16-9-7-6-8-10-16)18-19(22)26(12-15(3)4)21(29)23-20(18)28/h14-16H,6-13,22H2,1-5H3,(H,23,28,29)/p+1. The SMILES string of the molecule is CC(C)CN(C(=O)C[NH+](C)C1CCCCC1)c1c(N)n(CC(C)C)c(=O)[nH]c1=O. The maximum absolute atomic E-state index is 13.3. The number of quaternary nitrogens is 1. The van der Waals surface area contributed by atoms with Gasteiger partial charge in [0, 0.05) is 13.1 Å². The first kappa shape index (κ1) is 23.2. The van der Waals surface area contributed by atoms with Gasteiger partial charge in [-0.15, -0.1) is 0 Å². The number of aromatic nitrogens is 2. The Bertz CT molecular complexity index is 806.